The lowest BCUT2D eigenvalue weighted by Crippen LogP contribution is -2.21. The molecule has 0 aliphatic carbocycles. The maximum atomic E-state index is 12.8. The quantitative estimate of drug-likeness (QED) is 0.358. The molecule has 0 aliphatic rings. The first-order valence-electron chi connectivity index (χ1n) is 10.4. The Morgan fingerprint density at radius 1 is 0.759 bits per heavy atom. The summed E-state index contributed by atoms with van der Waals surface area (Å²) < 4.78 is 17.5. The Morgan fingerprint density at radius 3 is 1.69 bits per heavy atom. The van der Waals surface area contributed by atoms with Crippen LogP contribution in [0.3, 0.4) is 0 Å². The molecule has 0 radical (unpaired) electrons. The third-order valence-corrected chi connectivity index (χ3v) is 4.56. The standard InChI is InChI=1S/C23H30N2O4/c1-3-9-24-11-13-27-17-5-7-19-21(15-17)29-22-16-18(6-8-20(22)23(19)26)28-14-12-25-10-4-2/h5-8,15-16,24-25H,3-4,9-14H2,1-2H3. The van der Waals surface area contributed by atoms with Crippen LogP contribution in [0.1, 0.15) is 26.7 Å². The minimum Gasteiger partial charge on any atom is -0.492 e. The van der Waals surface area contributed by atoms with Crippen molar-refractivity contribution in [3.63, 3.8) is 0 Å². The Bertz CT molecular complexity index is 909. The van der Waals surface area contributed by atoms with Crippen LogP contribution in [0.2, 0.25) is 0 Å². The third-order valence-electron chi connectivity index (χ3n) is 4.56. The number of fused-ring (bicyclic) bond motifs is 2. The molecular formula is C23H30N2O4. The van der Waals surface area contributed by atoms with Crippen molar-refractivity contribution in [2.24, 2.45) is 0 Å². The van der Waals surface area contributed by atoms with E-state index in [-0.39, 0.29) is 5.43 Å². The molecule has 0 saturated carbocycles. The first-order valence-corrected chi connectivity index (χ1v) is 10.4. The molecule has 0 atom stereocenters. The van der Waals surface area contributed by atoms with Crippen molar-refractivity contribution in [1.29, 1.82) is 0 Å². The second-order valence-electron chi connectivity index (χ2n) is 6.94. The molecule has 0 bridgehead atoms. The number of hydrogen-bond donors (Lipinski definition) is 2. The minimum absolute atomic E-state index is 0.0476. The van der Waals surface area contributed by atoms with E-state index in [1.54, 1.807) is 24.3 Å². The molecule has 0 saturated heterocycles. The van der Waals surface area contributed by atoms with E-state index in [1.807, 2.05) is 12.1 Å². The van der Waals surface area contributed by atoms with E-state index in [0.29, 0.717) is 46.7 Å². The molecule has 0 unspecified atom stereocenters. The second kappa shape index (κ2) is 10.8. The van der Waals surface area contributed by atoms with Crippen LogP contribution in [0.25, 0.3) is 21.9 Å². The lowest BCUT2D eigenvalue weighted by molar-refractivity contribution is 0.314. The van der Waals surface area contributed by atoms with E-state index in [0.717, 1.165) is 39.0 Å². The Labute approximate surface area is 171 Å². The van der Waals surface area contributed by atoms with Crippen molar-refractivity contribution in [1.82, 2.24) is 10.6 Å². The van der Waals surface area contributed by atoms with Crippen molar-refractivity contribution >= 4 is 21.9 Å². The molecule has 3 aromatic rings. The van der Waals surface area contributed by atoms with Crippen molar-refractivity contribution < 1.29 is 13.9 Å². The Balaban J connectivity index is 1.75. The predicted octanol–water partition coefficient (Wildman–Crippen LogP) is 3.70. The van der Waals surface area contributed by atoms with Crippen molar-refractivity contribution in [2.75, 3.05) is 39.4 Å². The molecule has 156 valence electrons. The van der Waals surface area contributed by atoms with E-state index in [2.05, 4.69) is 24.5 Å². The highest BCUT2D eigenvalue weighted by Crippen LogP contribution is 2.25. The van der Waals surface area contributed by atoms with Crippen LogP contribution in [0.15, 0.2) is 45.6 Å². The number of ether oxygens (including phenoxy) is 2. The molecule has 2 aromatic carbocycles. The van der Waals surface area contributed by atoms with Crippen LogP contribution >= 0.6 is 0 Å². The van der Waals surface area contributed by atoms with Gasteiger partial charge in [0, 0.05) is 25.2 Å². The fourth-order valence-electron chi connectivity index (χ4n) is 3.08. The van der Waals surface area contributed by atoms with Crippen LogP contribution in [0, 0.1) is 0 Å². The summed E-state index contributed by atoms with van der Waals surface area (Å²) in [5.74, 6) is 1.38. The van der Waals surface area contributed by atoms with E-state index < -0.39 is 0 Å². The van der Waals surface area contributed by atoms with Crippen LogP contribution in [0.4, 0.5) is 0 Å². The second-order valence-corrected chi connectivity index (χ2v) is 6.94. The van der Waals surface area contributed by atoms with Gasteiger partial charge in [-0.2, -0.15) is 0 Å². The summed E-state index contributed by atoms with van der Waals surface area (Å²) in [6.45, 7) is 8.89. The molecule has 0 fully saturated rings. The molecule has 2 N–H and O–H groups in total. The van der Waals surface area contributed by atoms with Gasteiger partial charge in [0.2, 0.25) is 5.43 Å². The van der Waals surface area contributed by atoms with Gasteiger partial charge in [0.15, 0.2) is 0 Å². The predicted molar refractivity (Wildman–Crippen MR) is 117 cm³/mol. The summed E-state index contributed by atoms with van der Waals surface area (Å²) in [6, 6.07) is 10.7. The molecule has 6 nitrogen and oxygen atoms in total. The van der Waals surface area contributed by atoms with Crippen LogP contribution in [-0.2, 0) is 0 Å². The van der Waals surface area contributed by atoms with Gasteiger partial charge in [0.1, 0.15) is 35.9 Å². The Hall–Kier alpha value is -2.57. The van der Waals surface area contributed by atoms with Gasteiger partial charge in [-0.1, -0.05) is 13.8 Å². The highest BCUT2D eigenvalue weighted by atomic mass is 16.5. The van der Waals surface area contributed by atoms with Crippen LogP contribution in [-0.4, -0.2) is 39.4 Å². The number of benzene rings is 2. The van der Waals surface area contributed by atoms with Crippen LogP contribution in [0.5, 0.6) is 11.5 Å². The molecule has 1 aromatic heterocycles. The molecular weight excluding hydrogens is 368 g/mol. The summed E-state index contributed by atoms with van der Waals surface area (Å²) >= 11 is 0. The van der Waals surface area contributed by atoms with Gasteiger partial charge in [-0.25, -0.2) is 0 Å². The lowest BCUT2D eigenvalue weighted by Gasteiger charge is -2.09. The fourth-order valence-corrected chi connectivity index (χ4v) is 3.08. The third kappa shape index (κ3) is 5.71. The van der Waals surface area contributed by atoms with Gasteiger partial charge in [-0.05, 0) is 50.2 Å². The summed E-state index contributed by atoms with van der Waals surface area (Å²) in [7, 11) is 0. The maximum absolute atomic E-state index is 12.8. The minimum atomic E-state index is -0.0476. The first-order chi connectivity index (χ1) is 14.2. The lowest BCUT2D eigenvalue weighted by atomic mass is 10.1. The average molecular weight is 399 g/mol. The molecule has 3 rings (SSSR count). The zero-order valence-electron chi connectivity index (χ0n) is 17.3. The highest BCUT2D eigenvalue weighted by molar-refractivity contribution is 5.90. The van der Waals surface area contributed by atoms with E-state index in [4.69, 9.17) is 13.9 Å². The highest BCUT2D eigenvalue weighted by Gasteiger charge is 2.10. The van der Waals surface area contributed by atoms with Gasteiger partial charge < -0.3 is 24.5 Å². The summed E-state index contributed by atoms with van der Waals surface area (Å²) in [5, 5.41) is 7.68. The van der Waals surface area contributed by atoms with E-state index in [9.17, 15) is 4.79 Å². The SMILES string of the molecule is CCCNCCOc1ccc2c(=O)c3ccc(OCCNCCC)cc3oc2c1. The number of rotatable bonds is 12. The van der Waals surface area contributed by atoms with Gasteiger partial charge in [-0.3, -0.25) is 4.79 Å². The monoisotopic (exact) mass is 398 g/mol. The largest absolute Gasteiger partial charge is 0.492 e. The van der Waals surface area contributed by atoms with Gasteiger partial charge in [0.05, 0.1) is 10.8 Å². The number of hydrogen-bond acceptors (Lipinski definition) is 6. The van der Waals surface area contributed by atoms with Gasteiger partial charge in [-0.15, -0.1) is 0 Å². The summed E-state index contributed by atoms with van der Waals surface area (Å²) in [6.07, 6.45) is 2.18. The summed E-state index contributed by atoms with van der Waals surface area (Å²) in [4.78, 5) is 12.8. The molecule has 0 spiro atoms. The Morgan fingerprint density at radius 2 is 1.24 bits per heavy atom. The molecule has 29 heavy (non-hydrogen) atoms. The Kier molecular flexibility index (Phi) is 7.90. The average Bonchev–Trinajstić information content (AvgIpc) is 2.73. The fraction of sp³-hybridized carbons (Fsp3) is 0.435. The molecule has 0 aliphatic heterocycles. The zero-order chi connectivity index (χ0) is 20.5. The molecule has 1 heterocycles. The first kappa shape index (κ1) is 21.1. The van der Waals surface area contributed by atoms with Crippen molar-refractivity contribution in [2.45, 2.75) is 26.7 Å². The van der Waals surface area contributed by atoms with E-state index in [1.165, 1.54) is 0 Å². The van der Waals surface area contributed by atoms with Gasteiger partial charge >= 0.3 is 0 Å². The normalized spacial score (nSPS) is 11.2. The molecule has 6 heteroatoms. The van der Waals surface area contributed by atoms with Crippen molar-refractivity contribution in [3.8, 4) is 11.5 Å². The topological polar surface area (TPSA) is 72.7 Å². The smallest absolute Gasteiger partial charge is 0.200 e. The van der Waals surface area contributed by atoms with Gasteiger partial charge in [0.25, 0.3) is 0 Å². The van der Waals surface area contributed by atoms with Crippen molar-refractivity contribution in [3.05, 3.63) is 46.6 Å². The molecule has 0 amide bonds. The summed E-state index contributed by atoms with van der Waals surface area (Å²) in [5.41, 5.74) is 0.986. The van der Waals surface area contributed by atoms with E-state index >= 15 is 0 Å². The zero-order valence-corrected chi connectivity index (χ0v) is 17.3. The number of nitrogens with one attached hydrogen (secondary N) is 2. The van der Waals surface area contributed by atoms with Crippen LogP contribution < -0.4 is 25.5 Å². The maximum Gasteiger partial charge on any atom is 0.200 e.